The van der Waals surface area contributed by atoms with Gasteiger partial charge in [-0.25, -0.2) is 0 Å². The molecule has 0 unspecified atom stereocenters. The Morgan fingerprint density at radius 2 is 1.85 bits per heavy atom. The number of allylic oxidation sites excluding steroid dienone is 3. The van der Waals surface area contributed by atoms with Crippen molar-refractivity contribution >= 4 is 0 Å². The molecular formula is C12H22O. The van der Waals surface area contributed by atoms with E-state index >= 15 is 0 Å². The molecule has 0 saturated heterocycles. The second kappa shape index (κ2) is 11.4. The van der Waals surface area contributed by atoms with Crippen LogP contribution in [0.5, 0.6) is 0 Å². The first-order valence-electron chi connectivity index (χ1n) is 5.25. The minimum absolute atomic E-state index is 0.902. The molecule has 0 amide bonds. The maximum Gasteiger partial charge on any atom is 0.0468 e. The summed E-state index contributed by atoms with van der Waals surface area (Å²) in [6, 6.07) is 0. The SMILES string of the molecule is C=CCC/C=C/CCCOCCC. The summed E-state index contributed by atoms with van der Waals surface area (Å²) in [7, 11) is 0. The van der Waals surface area contributed by atoms with E-state index in [4.69, 9.17) is 4.74 Å². The quantitative estimate of drug-likeness (QED) is 0.390. The lowest BCUT2D eigenvalue weighted by molar-refractivity contribution is 0.133. The summed E-state index contributed by atoms with van der Waals surface area (Å²) < 4.78 is 5.36. The molecule has 0 aromatic carbocycles. The first kappa shape index (κ1) is 12.4. The van der Waals surface area contributed by atoms with Gasteiger partial charge in [0, 0.05) is 13.2 Å². The molecular weight excluding hydrogens is 160 g/mol. The summed E-state index contributed by atoms with van der Waals surface area (Å²) >= 11 is 0. The Balaban J connectivity index is 2.97. The summed E-state index contributed by atoms with van der Waals surface area (Å²) in [4.78, 5) is 0. The molecule has 1 heteroatoms. The third-order valence-corrected chi connectivity index (χ3v) is 1.71. The second-order valence-electron chi connectivity index (χ2n) is 3.09. The summed E-state index contributed by atoms with van der Waals surface area (Å²) in [5.41, 5.74) is 0. The van der Waals surface area contributed by atoms with Crippen molar-refractivity contribution in [3.8, 4) is 0 Å². The monoisotopic (exact) mass is 182 g/mol. The van der Waals surface area contributed by atoms with E-state index in [2.05, 4.69) is 25.7 Å². The molecule has 0 atom stereocenters. The standard InChI is InChI=1S/C12H22O/c1-3-5-6-7-8-9-10-12-13-11-4-2/h3,7-8H,1,4-6,9-12H2,2H3/b8-7+. The number of ether oxygens (including phenoxy) is 1. The van der Waals surface area contributed by atoms with E-state index in [9.17, 15) is 0 Å². The molecule has 0 aliphatic rings. The van der Waals surface area contributed by atoms with Crippen molar-refractivity contribution in [2.45, 2.75) is 39.0 Å². The predicted molar refractivity (Wildman–Crippen MR) is 58.9 cm³/mol. The lowest BCUT2D eigenvalue weighted by Crippen LogP contribution is -1.94. The van der Waals surface area contributed by atoms with Crippen LogP contribution in [0, 0.1) is 0 Å². The Bertz CT molecular complexity index is 127. The van der Waals surface area contributed by atoms with Gasteiger partial charge in [0.25, 0.3) is 0 Å². The predicted octanol–water partition coefficient (Wildman–Crippen LogP) is 3.72. The fourth-order valence-electron chi connectivity index (χ4n) is 0.999. The number of hydrogen-bond acceptors (Lipinski definition) is 1. The smallest absolute Gasteiger partial charge is 0.0468 e. The summed E-state index contributed by atoms with van der Waals surface area (Å²) in [6.45, 7) is 7.61. The highest BCUT2D eigenvalue weighted by molar-refractivity contribution is 4.84. The topological polar surface area (TPSA) is 9.23 Å². The fourth-order valence-corrected chi connectivity index (χ4v) is 0.999. The molecule has 0 heterocycles. The van der Waals surface area contributed by atoms with E-state index in [0.717, 1.165) is 45.3 Å². The molecule has 0 N–H and O–H groups in total. The molecule has 0 spiro atoms. The van der Waals surface area contributed by atoms with Gasteiger partial charge in [0.1, 0.15) is 0 Å². The lowest BCUT2D eigenvalue weighted by atomic mass is 10.2. The zero-order valence-corrected chi connectivity index (χ0v) is 8.80. The molecule has 13 heavy (non-hydrogen) atoms. The summed E-state index contributed by atoms with van der Waals surface area (Å²) in [6.07, 6.45) is 12.0. The van der Waals surface area contributed by atoms with Crippen LogP contribution in [0.2, 0.25) is 0 Å². The van der Waals surface area contributed by atoms with Crippen molar-refractivity contribution in [2.24, 2.45) is 0 Å². The fraction of sp³-hybridized carbons (Fsp3) is 0.667. The van der Waals surface area contributed by atoms with Crippen molar-refractivity contribution in [2.75, 3.05) is 13.2 Å². The van der Waals surface area contributed by atoms with Crippen molar-refractivity contribution in [3.63, 3.8) is 0 Å². The lowest BCUT2D eigenvalue weighted by Gasteiger charge is -1.98. The van der Waals surface area contributed by atoms with E-state index in [1.807, 2.05) is 6.08 Å². The highest BCUT2D eigenvalue weighted by Gasteiger charge is 1.84. The van der Waals surface area contributed by atoms with Gasteiger partial charge in [0.2, 0.25) is 0 Å². The third kappa shape index (κ3) is 11.4. The van der Waals surface area contributed by atoms with Crippen molar-refractivity contribution in [1.29, 1.82) is 0 Å². The van der Waals surface area contributed by atoms with Gasteiger partial charge in [-0.15, -0.1) is 6.58 Å². The van der Waals surface area contributed by atoms with Gasteiger partial charge < -0.3 is 4.74 Å². The van der Waals surface area contributed by atoms with E-state index in [1.165, 1.54) is 0 Å². The zero-order valence-electron chi connectivity index (χ0n) is 8.80. The van der Waals surface area contributed by atoms with E-state index in [-0.39, 0.29) is 0 Å². The summed E-state index contributed by atoms with van der Waals surface area (Å²) in [5.74, 6) is 0. The van der Waals surface area contributed by atoms with Gasteiger partial charge in [-0.1, -0.05) is 25.2 Å². The van der Waals surface area contributed by atoms with Crippen LogP contribution in [-0.4, -0.2) is 13.2 Å². The van der Waals surface area contributed by atoms with Crippen LogP contribution in [0.25, 0.3) is 0 Å². The van der Waals surface area contributed by atoms with Gasteiger partial charge in [-0.05, 0) is 32.1 Å². The van der Waals surface area contributed by atoms with Crippen LogP contribution in [0.1, 0.15) is 39.0 Å². The van der Waals surface area contributed by atoms with Crippen LogP contribution in [0.3, 0.4) is 0 Å². The van der Waals surface area contributed by atoms with Crippen LogP contribution < -0.4 is 0 Å². The molecule has 0 aromatic heterocycles. The number of rotatable bonds is 9. The molecule has 0 aliphatic carbocycles. The Kier molecular flexibility index (Phi) is 10.9. The molecule has 0 rings (SSSR count). The van der Waals surface area contributed by atoms with Gasteiger partial charge in [0.05, 0.1) is 0 Å². The van der Waals surface area contributed by atoms with E-state index in [0.29, 0.717) is 0 Å². The third-order valence-electron chi connectivity index (χ3n) is 1.71. The molecule has 0 saturated carbocycles. The van der Waals surface area contributed by atoms with Crippen molar-refractivity contribution in [3.05, 3.63) is 24.8 Å². The molecule has 76 valence electrons. The zero-order chi connectivity index (χ0) is 9.78. The maximum absolute atomic E-state index is 5.36. The van der Waals surface area contributed by atoms with Gasteiger partial charge in [0.15, 0.2) is 0 Å². The summed E-state index contributed by atoms with van der Waals surface area (Å²) in [5, 5.41) is 0. The van der Waals surface area contributed by atoms with E-state index < -0.39 is 0 Å². The first-order chi connectivity index (χ1) is 6.41. The minimum Gasteiger partial charge on any atom is -0.381 e. The average molecular weight is 182 g/mol. The molecule has 0 radical (unpaired) electrons. The highest BCUT2D eigenvalue weighted by atomic mass is 16.5. The molecule has 1 nitrogen and oxygen atoms in total. The number of hydrogen-bond donors (Lipinski definition) is 0. The van der Waals surface area contributed by atoms with E-state index in [1.54, 1.807) is 0 Å². The molecule has 0 aromatic rings. The van der Waals surface area contributed by atoms with Crippen molar-refractivity contribution in [1.82, 2.24) is 0 Å². The van der Waals surface area contributed by atoms with Crippen molar-refractivity contribution < 1.29 is 4.74 Å². The van der Waals surface area contributed by atoms with Gasteiger partial charge in [-0.2, -0.15) is 0 Å². The van der Waals surface area contributed by atoms with Gasteiger partial charge >= 0.3 is 0 Å². The largest absolute Gasteiger partial charge is 0.381 e. The van der Waals surface area contributed by atoms with Crippen LogP contribution in [-0.2, 0) is 4.74 Å². The Morgan fingerprint density at radius 1 is 1.08 bits per heavy atom. The first-order valence-corrected chi connectivity index (χ1v) is 5.25. The van der Waals surface area contributed by atoms with Crippen LogP contribution in [0.15, 0.2) is 24.8 Å². The Hall–Kier alpha value is -0.560. The average Bonchev–Trinajstić information content (AvgIpc) is 2.16. The van der Waals surface area contributed by atoms with Gasteiger partial charge in [-0.3, -0.25) is 0 Å². The van der Waals surface area contributed by atoms with Crippen LogP contribution in [0.4, 0.5) is 0 Å². The highest BCUT2D eigenvalue weighted by Crippen LogP contribution is 1.96. The molecule has 0 aliphatic heterocycles. The Morgan fingerprint density at radius 3 is 2.54 bits per heavy atom. The molecule has 0 fully saturated rings. The number of unbranched alkanes of at least 4 members (excludes halogenated alkanes) is 2. The second-order valence-corrected chi connectivity index (χ2v) is 3.09. The minimum atomic E-state index is 0.902. The van der Waals surface area contributed by atoms with Crippen LogP contribution >= 0.6 is 0 Å². The maximum atomic E-state index is 5.36. The molecule has 0 bridgehead atoms. The Labute approximate surface area is 82.5 Å². The normalized spacial score (nSPS) is 10.8.